The minimum Gasteiger partial charge on any atom is -0.497 e. The molecule has 0 saturated heterocycles. The fourth-order valence-electron chi connectivity index (χ4n) is 1.10. The molecule has 0 radical (unpaired) electrons. The summed E-state index contributed by atoms with van der Waals surface area (Å²) in [6.45, 7) is 3.38. The van der Waals surface area contributed by atoms with Crippen molar-refractivity contribution in [3.63, 3.8) is 0 Å². The average molecular weight is 214 g/mol. The van der Waals surface area contributed by atoms with Crippen LogP contribution in [0.25, 0.3) is 6.08 Å². The molecule has 0 N–H and O–H groups in total. The second kappa shape index (κ2) is 6.40. The van der Waals surface area contributed by atoms with Gasteiger partial charge in [-0.3, -0.25) is 4.79 Å². The summed E-state index contributed by atoms with van der Waals surface area (Å²) in [5.74, 6) is 0.730. The second-order valence-corrected chi connectivity index (χ2v) is 3.10. The van der Waals surface area contributed by atoms with Crippen molar-refractivity contribution in [1.29, 1.82) is 0 Å². The van der Waals surface area contributed by atoms with Gasteiger partial charge in [0.1, 0.15) is 5.75 Å². The quantitative estimate of drug-likeness (QED) is 0.556. The van der Waals surface area contributed by atoms with Gasteiger partial charge in [-0.25, -0.2) is 0 Å². The predicted molar refractivity (Wildman–Crippen MR) is 66.4 cm³/mol. The van der Waals surface area contributed by atoms with Gasteiger partial charge >= 0.3 is 0 Å². The van der Waals surface area contributed by atoms with Gasteiger partial charge in [-0.1, -0.05) is 36.9 Å². The first-order valence-electron chi connectivity index (χ1n) is 4.91. The third-order valence-electron chi connectivity index (χ3n) is 1.98. The van der Waals surface area contributed by atoms with Gasteiger partial charge in [0.15, 0.2) is 5.78 Å². The van der Waals surface area contributed by atoms with Crippen LogP contribution in [-0.2, 0) is 4.79 Å². The van der Waals surface area contributed by atoms with Gasteiger partial charge in [-0.15, -0.1) is 0 Å². The van der Waals surface area contributed by atoms with E-state index in [1.165, 1.54) is 12.2 Å². The lowest BCUT2D eigenvalue weighted by Gasteiger charge is -1.98. The Kier molecular flexibility index (Phi) is 4.80. The third-order valence-corrected chi connectivity index (χ3v) is 1.98. The van der Waals surface area contributed by atoms with Crippen molar-refractivity contribution in [3.8, 4) is 5.75 Å². The van der Waals surface area contributed by atoms with E-state index >= 15 is 0 Å². The Morgan fingerprint density at radius 1 is 1.25 bits per heavy atom. The highest BCUT2D eigenvalue weighted by Gasteiger charge is 1.89. The molecule has 0 spiro atoms. The molecular formula is C14H14O2. The summed E-state index contributed by atoms with van der Waals surface area (Å²) in [4.78, 5) is 10.9. The summed E-state index contributed by atoms with van der Waals surface area (Å²) in [6.07, 6.45) is 8.15. The van der Waals surface area contributed by atoms with Crippen LogP contribution in [0.4, 0.5) is 0 Å². The number of rotatable bonds is 5. The van der Waals surface area contributed by atoms with E-state index in [4.69, 9.17) is 4.74 Å². The second-order valence-electron chi connectivity index (χ2n) is 3.10. The summed E-state index contributed by atoms with van der Waals surface area (Å²) in [6, 6.07) is 7.66. The van der Waals surface area contributed by atoms with Crippen LogP contribution in [0.5, 0.6) is 5.75 Å². The van der Waals surface area contributed by atoms with Crippen LogP contribution < -0.4 is 4.74 Å². The number of carbonyl (C=O) groups is 1. The highest BCUT2D eigenvalue weighted by atomic mass is 16.5. The summed E-state index contributed by atoms with van der Waals surface area (Å²) < 4.78 is 5.05. The fourth-order valence-corrected chi connectivity index (χ4v) is 1.10. The van der Waals surface area contributed by atoms with Crippen molar-refractivity contribution in [2.75, 3.05) is 7.11 Å². The highest BCUT2D eigenvalue weighted by Crippen LogP contribution is 2.12. The number of carbonyl (C=O) groups excluding carboxylic acids is 1. The molecule has 0 fully saturated rings. The molecule has 0 saturated carbocycles. The molecule has 1 rings (SSSR count). The first kappa shape index (κ1) is 12.0. The number of ether oxygens (including phenoxy) is 1. The van der Waals surface area contributed by atoms with Gasteiger partial charge in [0.2, 0.25) is 0 Å². The summed E-state index contributed by atoms with van der Waals surface area (Å²) in [7, 11) is 1.63. The molecule has 0 aliphatic rings. The van der Waals surface area contributed by atoms with Crippen LogP contribution in [0.15, 0.2) is 55.1 Å². The minimum absolute atomic E-state index is 0.0978. The van der Waals surface area contributed by atoms with Crippen molar-refractivity contribution in [3.05, 3.63) is 60.7 Å². The largest absolute Gasteiger partial charge is 0.497 e. The zero-order valence-corrected chi connectivity index (χ0v) is 9.22. The number of benzene rings is 1. The molecule has 0 heterocycles. The normalized spacial score (nSPS) is 10.8. The van der Waals surface area contributed by atoms with Gasteiger partial charge in [0, 0.05) is 0 Å². The maximum absolute atomic E-state index is 10.9. The third kappa shape index (κ3) is 3.96. The monoisotopic (exact) mass is 214 g/mol. The maximum Gasteiger partial charge on any atom is 0.178 e. The predicted octanol–water partition coefficient (Wildman–Crippen LogP) is 3.02. The van der Waals surface area contributed by atoms with Gasteiger partial charge in [0.05, 0.1) is 7.11 Å². The molecule has 82 valence electrons. The van der Waals surface area contributed by atoms with E-state index < -0.39 is 0 Å². The van der Waals surface area contributed by atoms with E-state index in [-0.39, 0.29) is 5.78 Å². The number of hydrogen-bond donors (Lipinski definition) is 0. The fraction of sp³-hybridized carbons (Fsp3) is 0.0714. The molecule has 1 aromatic carbocycles. The van der Waals surface area contributed by atoms with Gasteiger partial charge in [-0.05, 0) is 29.8 Å². The molecule has 0 aliphatic heterocycles. The zero-order chi connectivity index (χ0) is 11.8. The molecule has 0 bridgehead atoms. The molecule has 0 aliphatic carbocycles. The van der Waals surface area contributed by atoms with Gasteiger partial charge < -0.3 is 4.74 Å². The van der Waals surface area contributed by atoms with Crippen LogP contribution >= 0.6 is 0 Å². The molecule has 0 amide bonds. The Balaban J connectivity index is 2.59. The van der Waals surface area contributed by atoms with E-state index in [1.807, 2.05) is 36.4 Å². The Bertz CT molecular complexity index is 411. The van der Waals surface area contributed by atoms with Crippen LogP contribution in [0, 0.1) is 0 Å². The van der Waals surface area contributed by atoms with Crippen LogP contribution in [-0.4, -0.2) is 12.9 Å². The Morgan fingerprint density at radius 3 is 2.50 bits per heavy atom. The van der Waals surface area contributed by atoms with E-state index in [1.54, 1.807) is 13.2 Å². The molecule has 2 heteroatoms. The van der Waals surface area contributed by atoms with Gasteiger partial charge in [0.25, 0.3) is 0 Å². The first-order valence-corrected chi connectivity index (χ1v) is 4.91. The lowest BCUT2D eigenvalue weighted by molar-refractivity contribution is -0.110. The molecule has 1 aromatic rings. The Labute approximate surface area is 95.6 Å². The number of ketones is 1. The van der Waals surface area contributed by atoms with Crippen molar-refractivity contribution < 1.29 is 9.53 Å². The first-order chi connectivity index (χ1) is 7.76. The number of allylic oxidation sites excluding steroid dienone is 4. The number of methoxy groups -OCH3 is 1. The lowest BCUT2D eigenvalue weighted by Crippen LogP contribution is -1.81. The zero-order valence-electron chi connectivity index (χ0n) is 9.22. The van der Waals surface area contributed by atoms with E-state index in [0.717, 1.165) is 11.3 Å². The standard InChI is InChI=1S/C14H14O2/c1-3-13(15)7-5-4-6-12-8-10-14(16-2)11-9-12/h3-11H,1H2,2H3. The summed E-state index contributed by atoms with van der Waals surface area (Å²) >= 11 is 0. The van der Waals surface area contributed by atoms with Crippen molar-refractivity contribution in [2.24, 2.45) is 0 Å². The topological polar surface area (TPSA) is 26.3 Å². The average Bonchev–Trinajstić information content (AvgIpc) is 2.35. The molecule has 2 nitrogen and oxygen atoms in total. The maximum atomic E-state index is 10.9. The summed E-state index contributed by atoms with van der Waals surface area (Å²) in [5, 5.41) is 0. The van der Waals surface area contributed by atoms with Crippen LogP contribution in [0.3, 0.4) is 0 Å². The smallest absolute Gasteiger partial charge is 0.178 e. The minimum atomic E-state index is -0.0978. The molecular weight excluding hydrogens is 200 g/mol. The van der Waals surface area contributed by atoms with Gasteiger partial charge in [-0.2, -0.15) is 0 Å². The highest BCUT2D eigenvalue weighted by molar-refractivity contribution is 5.98. The molecule has 0 unspecified atom stereocenters. The summed E-state index contributed by atoms with van der Waals surface area (Å²) in [5.41, 5.74) is 1.05. The molecule has 0 atom stereocenters. The number of hydrogen-bond acceptors (Lipinski definition) is 2. The Hall–Kier alpha value is -2.09. The SMILES string of the molecule is C=CC(=O)C=CC=Cc1ccc(OC)cc1. The Morgan fingerprint density at radius 2 is 1.94 bits per heavy atom. The van der Waals surface area contributed by atoms with Crippen LogP contribution in [0.2, 0.25) is 0 Å². The van der Waals surface area contributed by atoms with Crippen molar-refractivity contribution >= 4 is 11.9 Å². The van der Waals surface area contributed by atoms with E-state index in [9.17, 15) is 4.79 Å². The van der Waals surface area contributed by atoms with Crippen LogP contribution in [0.1, 0.15) is 5.56 Å². The molecule has 16 heavy (non-hydrogen) atoms. The molecule has 0 aromatic heterocycles. The van der Waals surface area contributed by atoms with Crippen molar-refractivity contribution in [2.45, 2.75) is 0 Å². The lowest BCUT2D eigenvalue weighted by atomic mass is 10.2. The van der Waals surface area contributed by atoms with E-state index in [2.05, 4.69) is 6.58 Å². The van der Waals surface area contributed by atoms with E-state index in [0.29, 0.717) is 0 Å². The van der Waals surface area contributed by atoms with Crippen molar-refractivity contribution in [1.82, 2.24) is 0 Å².